The van der Waals surface area contributed by atoms with Gasteiger partial charge in [0, 0.05) is 11.3 Å². The highest BCUT2D eigenvalue weighted by Crippen LogP contribution is 2.31. The Labute approximate surface area is 124 Å². The molecule has 5 heteroatoms. The van der Waals surface area contributed by atoms with E-state index in [9.17, 15) is 4.39 Å². The number of benzene rings is 2. The summed E-state index contributed by atoms with van der Waals surface area (Å²) in [6.07, 6.45) is 0. The fourth-order valence-electron chi connectivity index (χ4n) is 1.72. The minimum Gasteiger partial charge on any atom is -0.207 e. The highest BCUT2D eigenvalue weighted by Gasteiger charge is 2.08. The summed E-state index contributed by atoms with van der Waals surface area (Å²) < 4.78 is 14.4. The molecule has 0 amide bonds. The van der Waals surface area contributed by atoms with Gasteiger partial charge in [0.1, 0.15) is 10.8 Å². The Hall–Kier alpha value is -1.72. The van der Waals surface area contributed by atoms with Crippen molar-refractivity contribution in [2.45, 2.75) is 10.1 Å². The van der Waals surface area contributed by atoms with Gasteiger partial charge >= 0.3 is 0 Å². The van der Waals surface area contributed by atoms with Crippen molar-refractivity contribution in [3.63, 3.8) is 0 Å². The van der Waals surface area contributed by atoms with E-state index < -0.39 is 0 Å². The number of hydrogen-bond donors (Lipinski definition) is 0. The Morgan fingerprint density at radius 1 is 0.950 bits per heavy atom. The van der Waals surface area contributed by atoms with Crippen LogP contribution in [0.1, 0.15) is 5.56 Å². The summed E-state index contributed by atoms with van der Waals surface area (Å²) in [6.45, 7) is 0. The van der Waals surface area contributed by atoms with E-state index in [1.165, 1.54) is 29.2 Å². The monoisotopic (exact) mass is 302 g/mol. The molecule has 2 aromatic carbocycles. The predicted octanol–water partition coefficient (Wildman–Crippen LogP) is 4.64. The van der Waals surface area contributed by atoms with Crippen molar-refractivity contribution >= 4 is 23.1 Å². The average Bonchev–Trinajstić information content (AvgIpc) is 2.96. The Kier molecular flexibility index (Phi) is 4.08. The van der Waals surface area contributed by atoms with Crippen molar-refractivity contribution in [3.05, 3.63) is 66.0 Å². The van der Waals surface area contributed by atoms with Crippen LogP contribution in [-0.4, -0.2) is 10.2 Å². The van der Waals surface area contributed by atoms with Crippen LogP contribution in [-0.2, 0) is 5.75 Å². The lowest BCUT2D eigenvalue weighted by molar-refractivity contribution is 0.617. The van der Waals surface area contributed by atoms with E-state index in [0.29, 0.717) is 11.3 Å². The molecule has 0 spiro atoms. The third-order valence-corrected chi connectivity index (χ3v) is 4.89. The van der Waals surface area contributed by atoms with Crippen molar-refractivity contribution in [1.82, 2.24) is 10.2 Å². The first-order chi connectivity index (χ1) is 9.83. The molecular formula is C15H11FN2S2. The van der Waals surface area contributed by atoms with Gasteiger partial charge in [0.15, 0.2) is 4.34 Å². The van der Waals surface area contributed by atoms with Gasteiger partial charge in [0.2, 0.25) is 0 Å². The normalized spacial score (nSPS) is 10.7. The Morgan fingerprint density at radius 3 is 2.50 bits per heavy atom. The molecular weight excluding hydrogens is 291 g/mol. The molecule has 100 valence electrons. The first-order valence-corrected chi connectivity index (χ1v) is 7.88. The molecule has 0 saturated carbocycles. The topological polar surface area (TPSA) is 25.8 Å². The fourth-order valence-corrected chi connectivity index (χ4v) is 3.56. The minimum absolute atomic E-state index is 0.173. The number of hydrogen-bond acceptors (Lipinski definition) is 4. The first kappa shape index (κ1) is 13.3. The second-order valence-corrected chi connectivity index (χ2v) is 6.32. The Bertz CT molecular complexity index is 698. The molecule has 0 bridgehead atoms. The highest BCUT2D eigenvalue weighted by molar-refractivity contribution is 8.00. The summed E-state index contributed by atoms with van der Waals surface area (Å²) in [7, 11) is 0. The fraction of sp³-hybridized carbons (Fsp3) is 0.0667. The summed E-state index contributed by atoms with van der Waals surface area (Å²) in [5.74, 6) is 0.392. The highest BCUT2D eigenvalue weighted by atomic mass is 32.2. The van der Waals surface area contributed by atoms with Gasteiger partial charge in [-0.2, -0.15) is 0 Å². The van der Waals surface area contributed by atoms with E-state index in [1.54, 1.807) is 12.1 Å². The lowest BCUT2D eigenvalue weighted by atomic mass is 10.2. The predicted molar refractivity (Wildman–Crippen MR) is 81.3 cm³/mol. The lowest BCUT2D eigenvalue weighted by Crippen LogP contribution is -1.85. The maximum Gasteiger partial charge on any atom is 0.174 e. The zero-order valence-corrected chi connectivity index (χ0v) is 12.1. The van der Waals surface area contributed by atoms with Crippen LogP contribution in [0.25, 0.3) is 10.6 Å². The number of halogens is 1. The zero-order chi connectivity index (χ0) is 13.8. The lowest BCUT2D eigenvalue weighted by Gasteiger charge is -1.99. The molecule has 0 radical (unpaired) electrons. The van der Waals surface area contributed by atoms with Crippen LogP contribution in [0.2, 0.25) is 0 Å². The van der Waals surface area contributed by atoms with Gasteiger partial charge in [-0.05, 0) is 11.6 Å². The maximum absolute atomic E-state index is 13.5. The van der Waals surface area contributed by atoms with Crippen LogP contribution in [0.5, 0.6) is 0 Å². The molecule has 0 aliphatic carbocycles. The summed E-state index contributed by atoms with van der Waals surface area (Å²) in [4.78, 5) is 0. The van der Waals surface area contributed by atoms with E-state index >= 15 is 0 Å². The molecule has 0 fully saturated rings. The molecule has 0 aliphatic heterocycles. The summed E-state index contributed by atoms with van der Waals surface area (Å²) in [6, 6.07) is 16.7. The van der Waals surface area contributed by atoms with Crippen LogP contribution < -0.4 is 0 Å². The van der Waals surface area contributed by atoms with Gasteiger partial charge in [0.05, 0.1) is 0 Å². The van der Waals surface area contributed by atoms with Crippen LogP contribution in [0.15, 0.2) is 58.9 Å². The van der Waals surface area contributed by atoms with E-state index in [1.807, 2.05) is 36.4 Å². The molecule has 2 nitrogen and oxygen atoms in total. The van der Waals surface area contributed by atoms with Crippen molar-refractivity contribution in [3.8, 4) is 10.6 Å². The second-order valence-electron chi connectivity index (χ2n) is 4.12. The van der Waals surface area contributed by atoms with Crippen LogP contribution >= 0.6 is 23.1 Å². The Balaban J connectivity index is 1.71. The van der Waals surface area contributed by atoms with Gasteiger partial charge in [-0.1, -0.05) is 71.6 Å². The number of rotatable bonds is 4. The van der Waals surface area contributed by atoms with Crippen molar-refractivity contribution in [1.29, 1.82) is 0 Å². The molecule has 20 heavy (non-hydrogen) atoms. The maximum atomic E-state index is 13.5. The van der Waals surface area contributed by atoms with E-state index in [0.717, 1.165) is 14.9 Å². The number of aromatic nitrogens is 2. The van der Waals surface area contributed by atoms with E-state index in [4.69, 9.17) is 0 Å². The van der Waals surface area contributed by atoms with E-state index in [-0.39, 0.29) is 5.82 Å². The standard InChI is InChI=1S/C15H11FN2S2/c16-13-9-5-4-8-12(13)10-19-15-18-17-14(20-15)11-6-2-1-3-7-11/h1-9H,10H2. The second kappa shape index (κ2) is 6.15. The summed E-state index contributed by atoms with van der Waals surface area (Å²) >= 11 is 3.04. The van der Waals surface area contributed by atoms with Gasteiger partial charge in [0.25, 0.3) is 0 Å². The molecule has 3 aromatic rings. The largest absolute Gasteiger partial charge is 0.207 e. The SMILES string of the molecule is Fc1ccccc1CSc1nnc(-c2ccccc2)s1. The van der Waals surface area contributed by atoms with Crippen LogP contribution in [0, 0.1) is 5.82 Å². The van der Waals surface area contributed by atoms with Gasteiger partial charge in [-0.25, -0.2) is 4.39 Å². The average molecular weight is 302 g/mol. The van der Waals surface area contributed by atoms with Gasteiger partial charge in [-0.3, -0.25) is 0 Å². The van der Waals surface area contributed by atoms with Crippen LogP contribution in [0.3, 0.4) is 0 Å². The minimum atomic E-state index is -0.173. The quantitative estimate of drug-likeness (QED) is 0.657. The zero-order valence-electron chi connectivity index (χ0n) is 10.5. The van der Waals surface area contributed by atoms with Gasteiger partial charge < -0.3 is 0 Å². The van der Waals surface area contributed by atoms with Crippen molar-refractivity contribution in [2.24, 2.45) is 0 Å². The molecule has 0 unspecified atom stereocenters. The molecule has 0 atom stereocenters. The third-order valence-electron chi connectivity index (χ3n) is 2.74. The summed E-state index contributed by atoms with van der Waals surface area (Å²) in [5, 5.41) is 9.21. The molecule has 1 aromatic heterocycles. The smallest absolute Gasteiger partial charge is 0.174 e. The number of nitrogens with zero attached hydrogens (tertiary/aromatic N) is 2. The van der Waals surface area contributed by atoms with Crippen LogP contribution in [0.4, 0.5) is 4.39 Å². The van der Waals surface area contributed by atoms with E-state index in [2.05, 4.69) is 10.2 Å². The van der Waals surface area contributed by atoms with Crippen molar-refractivity contribution in [2.75, 3.05) is 0 Å². The number of thioether (sulfide) groups is 1. The molecule has 0 N–H and O–H groups in total. The molecule has 0 aliphatic rings. The molecule has 3 rings (SSSR count). The molecule has 0 saturated heterocycles. The molecule has 1 heterocycles. The Morgan fingerprint density at radius 2 is 1.70 bits per heavy atom. The summed E-state index contributed by atoms with van der Waals surface area (Å²) in [5.41, 5.74) is 1.75. The third kappa shape index (κ3) is 3.05. The first-order valence-electron chi connectivity index (χ1n) is 6.08. The van der Waals surface area contributed by atoms with Gasteiger partial charge in [-0.15, -0.1) is 10.2 Å². The van der Waals surface area contributed by atoms with Crippen molar-refractivity contribution < 1.29 is 4.39 Å².